The Kier molecular flexibility index (Phi) is 6.34. The van der Waals surface area contributed by atoms with Crippen LogP contribution in [-0.2, 0) is 9.53 Å². The van der Waals surface area contributed by atoms with Gasteiger partial charge in [0.15, 0.2) is 0 Å². The van der Waals surface area contributed by atoms with Crippen molar-refractivity contribution in [1.29, 1.82) is 0 Å². The number of aliphatic hydroxyl groups is 1. The van der Waals surface area contributed by atoms with E-state index in [1.807, 2.05) is 0 Å². The Balaban J connectivity index is 4.04. The van der Waals surface area contributed by atoms with Gasteiger partial charge < -0.3 is 9.84 Å². The lowest BCUT2D eigenvalue weighted by atomic mass is 9.80. The van der Waals surface area contributed by atoms with E-state index >= 15 is 0 Å². The lowest BCUT2D eigenvalue weighted by Gasteiger charge is -2.29. The van der Waals surface area contributed by atoms with E-state index in [9.17, 15) is 9.90 Å². The lowest BCUT2D eigenvalue weighted by molar-refractivity contribution is -0.142. The highest BCUT2D eigenvalue weighted by Crippen LogP contribution is 2.31. The zero-order valence-corrected chi connectivity index (χ0v) is 10.9. The second-order valence-corrected chi connectivity index (χ2v) is 4.75. The highest BCUT2D eigenvalue weighted by molar-refractivity contribution is 5.86. The highest BCUT2D eigenvalue weighted by atomic mass is 16.5. The van der Waals surface area contributed by atoms with Crippen LogP contribution in [0.25, 0.3) is 0 Å². The van der Waals surface area contributed by atoms with Crippen LogP contribution in [0, 0.1) is 5.41 Å². The standard InChI is InChI=1S/C13H24O3/c1-6-13(5,7-2)8-11(14)9-16-12(15)10(3)4/h11,14H,3,6-9H2,1-2,4-5H3. The molecule has 0 aliphatic heterocycles. The summed E-state index contributed by atoms with van der Waals surface area (Å²) in [6.45, 7) is 11.5. The molecule has 3 heteroatoms. The summed E-state index contributed by atoms with van der Waals surface area (Å²) in [6.07, 6.45) is 2.08. The van der Waals surface area contributed by atoms with Crippen molar-refractivity contribution in [1.82, 2.24) is 0 Å². The first kappa shape index (κ1) is 15.2. The van der Waals surface area contributed by atoms with Gasteiger partial charge in [-0.1, -0.05) is 40.2 Å². The molecular weight excluding hydrogens is 204 g/mol. The van der Waals surface area contributed by atoms with Gasteiger partial charge in [0.05, 0.1) is 6.10 Å². The topological polar surface area (TPSA) is 46.5 Å². The summed E-state index contributed by atoms with van der Waals surface area (Å²) >= 11 is 0. The van der Waals surface area contributed by atoms with Crippen LogP contribution in [0.3, 0.4) is 0 Å². The van der Waals surface area contributed by atoms with Crippen LogP contribution in [0.5, 0.6) is 0 Å². The van der Waals surface area contributed by atoms with Gasteiger partial charge in [-0.05, 0) is 18.8 Å². The van der Waals surface area contributed by atoms with Crippen molar-refractivity contribution in [2.24, 2.45) is 5.41 Å². The first-order chi connectivity index (χ1) is 7.34. The number of carbonyl (C=O) groups is 1. The predicted octanol–water partition coefficient (Wildman–Crippen LogP) is 2.68. The molecule has 0 heterocycles. The minimum atomic E-state index is -0.590. The fourth-order valence-corrected chi connectivity index (χ4v) is 1.46. The fourth-order valence-electron chi connectivity index (χ4n) is 1.46. The van der Waals surface area contributed by atoms with Crippen LogP contribution in [0.15, 0.2) is 12.2 Å². The number of hydrogen-bond acceptors (Lipinski definition) is 3. The van der Waals surface area contributed by atoms with Crippen molar-refractivity contribution in [2.45, 2.75) is 53.1 Å². The van der Waals surface area contributed by atoms with Gasteiger partial charge in [-0.15, -0.1) is 0 Å². The van der Waals surface area contributed by atoms with Crippen molar-refractivity contribution in [3.63, 3.8) is 0 Å². The molecule has 3 nitrogen and oxygen atoms in total. The second-order valence-electron chi connectivity index (χ2n) is 4.75. The molecule has 0 fully saturated rings. The molecule has 0 aliphatic carbocycles. The monoisotopic (exact) mass is 228 g/mol. The lowest BCUT2D eigenvalue weighted by Crippen LogP contribution is -2.27. The van der Waals surface area contributed by atoms with Crippen LogP contribution < -0.4 is 0 Å². The first-order valence-electron chi connectivity index (χ1n) is 5.85. The van der Waals surface area contributed by atoms with Crippen LogP contribution in [0.1, 0.15) is 47.0 Å². The van der Waals surface area contributed by atoms with E-state index in [1.54, 1.807) is 6.92 Å². The molecule has 1 N–H and O–H groups in total. The fraction of sp³-hybridized carbons (Fsp3) is 0.769. The Morgan fingerprint density at radius 2 is 1.94 bits per heavy atom. The molecule has 0 saturated heterocycles. The minimum Gasteiger partial charge on any atom is -0.460 e. The molecule has 0 spiro atoms. The molecule has 0 aromatic rings. The van der Waals surface area contributed by atoms with Crippen molar-refractivity contribution >= 4 is 5.97 Å². The van der Waals surface area contributed by atoms with Crippen LogP contribution in [-0.4, -0.2) is 23.8 Å². The molecule has 0 saturated carbocycles. The quantitative estimate of drug-likeness (QED) is 0.538. The van der Waals surface area contributed by atoms with Gasteiger partial charge in [0.2, 0.25) is 0 Å². The summed E-state index contributed by atoms with van der Waals surface area (Å²) in [5.74, 6) is -0.436. The zero-order valence-electron chi connectivity index (χ0n) is 10.9. The third kappa shape index (κ3) is 5.31. The molecule has 0 radical (unpaired) electrons. The Morgan fingerprint density at radius 1 is 1.44 bits per heavy atom. The predicted molar refractivity (Wildman–Crippen MR) is 65.1 cm³/mol. The Morgan fingerprint density at radius 3 is 2.31 bits per heavy atom. The van der Waals surface area contributed by atoms with Crippen molar-refractivity contribution in [2.75, 3.05) is 6.61 Å². The normalized spacial score (nSPS) is 13.3. The first-order valence-corrected chi connectivity index (χ1v) is 5.85. The molecule has 0 amide bonds. The van der Waals surface area contributed by atoms with Crippen molar-refractivity contribution in [3.8, 4) is 0 Å². The van der Waals surface area contributed by atoms with E-state index in [0.717, 1.165) is 12.8 Å². The van der Waals surface area contributed by atoms with Gasteiger partial charge in [0.1, 0.15) is 6.61 Å². The second kappa shape index (κ2) is 6.69. The molecule has 1 unspecified atom stereocenters. The number of aliphatic hydroxyl groups excluding tert-OH is 1. The maximum Gasteiger partial charge on any atom is 0.333 e. The minimum absolute atomic E-state index is 0.0568. The number of hydrogen-bond donors (Lipinski definition) is 1. The van der Waals surface area contributed by atoms with E-state index in [2.05, 4.69) is 27.4 Å². The molecule has 94 valence electrons. The molecule has 0 aromatic carbocycles. The van der Waals surface area contributed by atoms with Crippen LogP contribution in [0.2, 0.25) is 0 Å². The van der Waals surface area contributed by atoms with Gasteiger partial charge >= 0.3 is 5.97 Å². The third-order valence-electron chi connectivity index (χ3n) is 3.19. The van der Waals surface area contributed by atoms with Gasteiger partial charge in [0, 0.05) is 5.57 Å². The number of carbonyl (C=O) groups excluding carboxylic acids is 1. The van der Waals surface area contributed by atoms with Crippen molar-refractivity contribution < 1.29 is 14.6 Å². The average Bonchev–Trinajstić information content (AvgIpc) is 2.25. The maximum absolute atomic E-state index is 11.1. The molecule has 0 rings (SSSR count). The molecule has 0 aromatic heterocycles. The van der Waals surface area contributed by atoms with Crippen LogP contribution in [0.4, 0.5) is 0 Å². The van der Waals surface area contributed by atoms with Gasteiger partial charge in [-0.3, -0.25) is 0 Å². The summed E-state index contributed by atoms with van der Waals surface area (Å²) in [6, 6.07) is 0. The number of ether oxygens (including phenoxy) is 1. The summed E-state index contributed by atoms with van der Waals surface area (Å²) in [5, 5.41) is 9.77. The summed E-state index contributed by atoms with van der Waals surface area (Å²) in [4.78, 5) is 11.1. The highest BCUT2D eigenvalue weighted by Gasteiger charge is 2.24. The third-order valence-corrected chi connectivity index (χ3v) is 3.19. The van der Waals surface area contributed by atoms with Gasteiger partial charge in [-0.2, -0.15) is 0 Å². The van der Waals surface area contributed by atoms with Crippen LogP contribution >= 0.6 is 0 Å². The van der Waals surface area contributed by atoms with Gasteiger partial charge in [-0.25, -0.2) is 4.79 Å². The molecule has 1 atom stereocenters. The Bertz CT molecular complexity index is 242. The Hall–Kier alpha value is -0.830. The molecular formula is C13H24O3. The SMILES string of the molecule is C=C(C)C(=O)OCC(O)CC(C)(CC)CC. The number of esters is 1. The summed E-state index contributed by atoms with van der Waals surface area (Å²) < 4.78 is 4.91. The van der Waals surface area contributed by atoms with E-state index in [0.29, 0.717) is 12.0 Å². The molecule has 16 heavy (non-hydrogen) atoms. The van der Waals surface area contributed by atoms with Gasteiger partial charge in [0.25, 0.3) is 0 Å². The maximum atomic E-state index is 11.1. The molecule has 0 bridgehead atoms. The van der Waals surface area contributed by atoms with E-state index in [1.165, 1.54) is 0 Å². The smallest absolute Gasteiger partial charge is 0.333 e. The van der Waals surface area contributed by atoms with E-state index in [4.69, 9.17) is 4.74 Å². The van der Waals surface area contributed by atoms with E-state index < -0.39 is 12.1 Å². The number of rotatable bonds is 7. The zero-order chi connectivity index (χ0) is 12.8. The Labute approximate surface area is 98.5 Å². The largest absolute Gasteiger partial charge is 0.460 e. The van der Waals surface area contributed by atoms with Crippen molar-refractivity contribution in [3.05, 3.63) is 12.2 Å². The average molecular weight is 228 g/mol. The molecule has 0 aliphatic rings. The van der Waals surface area contributed by atoms with E-state index in [-0.39, 0.29) is 12.0 Å². The summed E-state index contributed by atoms with van der Waals surface area (Å²) in [7, 11) is 0. The summed E-state index contributed by atoms with van der Waals surface area (Å²) in [5.41, 5.74) is 0.482.